The summed E-state index contributed by atoms with van der Waals surface area (Å²) < 4.78 is 0. The molecule has 1 aliphatic rings. The fraction of sp³-hybridized carbons (Fsp3) is 0.562. The van der Waals surface area contributed by atoms with Crippen LogP contribution in [0.5, 0.6) is 0 Å². The van der Waals surface area contributed by atoms with Crippen LogP contribution in [0.25, 0.3) is 0 Å². The zero-order valence-electron chi connectivity index (χ0n) is 12.0. The molecular formula is C16H22N2S. The summed E-state index contributed by atoms with van der Waals surface area (Å²) in [7, 11) is 1.90. The molecule has 0 saturated heterocycles. The van der Waals surface area contributed by atoms with Crippen molar-refractivity contribution in [2.75, 3.05) is 7.05 Å². The zero-order valence-corrected chi connectivity index (χ0v) is 12.8. The first-order chi connectivity index (χ1) is 9.07. The Morgan fingerprint density at radius 3 is 2.58 bits per heavy atom. The van der Waals surface area contributed by atoms with Gasteiger partial charge in [-0.2, -0.15) is 17.0 Å². The van der Waals surface area contributed by atoms with Gasteiger partial charge in [0.1, 0.15) is 5.54 Å². The first kappa shape index (κ1) is 14.4. The zero-order chi connectivity index (χ0) is 13.9. The second-order valence-corrected chi connectivity index (χ2v) is 6.90. The molecule has 2 unspecified atom stereocenters. The van der Waals surface area contributed by atoms with Gasteiger partial charge in [-0.15, -0.1) is 0 Å². The van der Waals surface area contributed by atoms with Crippen LogP contribution in [0.3, 0.4) is 0 Å². The molecule has 1 aromatic rings. The van der Waals surface area contributed by atoms with E-state index in [4.69, 9.17) is 0 Å². The van der Waals surface area contributed by atoms with Gasteiger partial charge in [0.25, 0.3) is 0 Å². The third-order valence-electron chi connectivity index (χ3n) is 3.93. The van der Waals surface area contributed by atoms with E-state index in [0.717, 1.165) is 25.0 Å². The minimum absolute atomic E-state index is 0.278. The summed E-state index contributed by atoms with van der Waals surface area (Å²) in [5.74, 6) is 1.05. The van der Waals surface area contributed by atoms with Gasteiger partial charge in [-0.05, 0) is 45.7 Å². The molecule has 0 bridgehead atoms. The number of thioether (sulfide) groups is 1. The molecule has 2 nitrogen and oxygen atoms in total. The van der Waals surface area contributed by atoms with Crippen LogP contribution in [0.1, 0.15) is 36.0 Å². The van der Waals surface area contributed by atoms with Gasteiger partial charge in [-0.25, -0.2) is 0 Å². The summed E-state index contributed by atoms with van der Waals surface area (Å²) in [5.41, 5.74) is 3.80. The molecule has 0 amide bonds. The average Bonchev–Trinajstić information content (AvgIpc) is 2.80. The highest BCUT2D eigenvalue weighted by molar-refractivity contribution is 7.99. The fourth-order valence-electron chi connectivity index (χ4n) is 2.89. The molecule has 2 rings (SSSR count). The summed E-state index contributed by atoms with van der Waals surface area (Å²) >= 11 is 2.00. The maximum Gasteiger partial charge on any atom is 0.107 e. The van der Waals surface area contributed by atoms with Crippen molar-refractivity contribution in [3.05, 3.63) is 34.9 Å². The van der Waals surface area contributed by atoms with E-state index in [1.807, 2.05) is 18.8 Å². The molecule has 0 aliphatic heterocycles. The van der Waals surface area contributed by atoms with Gasteiger partial charge < -0.3 is 5.32 Å². The van der Waals surface area contributed by atoms with Gasteiger partial charge in [0.15, 0.2) is 0 Å². The Hall–Kier alpha value is -0.980. The van der Waals surface area contributed by atoms with E-state index < -0.39 is 0 Å². The second-order valence-electron chi connectivity index (χ2n) is 5.62. The van der Waals surface area contributed by atoms with Gasteiger partial charge in [0.2, 0.25) is 0 Å². The molecule has 0 radical (unpaired) electrons. The van der Waals surface area contributed by atoms with Crippen LogP contribution in [-0.2, 0) is 5.75 Å². The van der Waals surface area contributed by atoms with Crippen molar-refractivity contribution in [3.63, 3.8) is 0 Å². The topological polar surface area (TPSA) is 35.8 Å². The highest BCUT2D eigenvalue weighted by atomic mass is 32.2. The fourth-order valence-corrected chi connectivity index (χ4v) is 4.18. The highest BCUT2D eigenvalue weighted by Crippen LogP contribution is 2.37. The van der Waals surface area contributed by atoms with Crippen LogP contribution in [-0.4, -0.2) is 17.8 Å². The van der Waals surface area contributed by atoms with E-state index in [1.54, 1.807) is 0 Å². The molecular weight excluding hydrogens is 252 g/mol. The number of hydrogen-bond donors (Lipinski definition) is 1. The van der Waals surface area contributed by atoms with Crippen molar-refractivity contribution >= 4 is 11.8 Å². The van der Waals surface area contributed by atoms with Crippen molar-refractivity contribution in [1.29, 1.82) is 5.26 Å². The number of rotatable bonds is 4. The molecule has 102 valence electrons. The number of nitrogens with one attached hydrogen (secondary N) is 1. The first-order valence-electron chi connectivity index (χ1n) is 6.86. The number of nitrogens with zero attached hydrogens (tertiary/aromatic N) is 1. The normalized spacial score (nSPS) is 26.3. The minimum Gasteiger partial charge on any atom is -0.302 e. The van der Waals surface area contributed by atoms with Crippen LogP contribution in [0, 0.1) is 25.2 Å². The minimum atomic E-state index is -0.278. The quantitative estimate of drug-likeness (QED) is 0.911. The van der Waals surface area contributed by atoms with Crippen molar-refractivity contribution in [1.82, 2.24) is 5.32 Å². The lowest BCUT2D eigenvalue weighted by Gasteiger charge is -2.19. The Bertz CT molecular complexity index is 472. The number of hydrogen-bond acceptors (Lipinski definition) is 3. The monoisotopic (exact) mass is 274 g/mol. The SMILES string of the molecule is CNC1(C#N)CCC(SCc2cc(C)cc(C)c2)C1. The molecule has 1 aromatic carbocycles. The summed E-state index contributed by atoms with van der Waals surface area (Å²) in [4.78, 5) is 0. The summed E-state index contributed by atoms with van der Waals surface area (Å²) in [6, 6.07) is 9.20. The van der Waals surface area contributed by atoms with Gasteiger partial charge in [0.05, 0.1) is 6.07 Å². The van der Waals surface area contributed by atoms with Crippen LogP contribution in [0.2, 0.25) is 0 Å². The molecule has 1 saturated carbocycles. The van der Waals surface area contributed by atoms with E-state index in [9.17, 15) is 5.26 Å². The molecule has 3 heteroatoms. The Labute approximate surface area is 120 Å². The first-order valence-corrected chi connectivity index (χ1v) is 7.91. The third-order valence-corrected chi connectivity index (χ3v) is 5.30. The molecule has 2 atom stereocenters. The lowest BCUT2D eigenvalue weighted by atomic mass is 10.0. The van der Waals surface area contributed by atoms with Crippen LogP contribution in [0.4, 0.5) is 0 Å². The molecule has 0 spiro atoms. The van der Waals surface area contributed by atoms with E-state index in [0.29, 0.717) is 5.25 Å². The second kappa shape index (κ2) is 5.98. The molecule has 0 aromatic heterocycles. The Kier molecular flexibility index (Phi) is 4.54. The maximum absolute atomic E-state index is 9.27. The van der Waals surface area contributed by atoms with Crippen molar-refractivity contribution in [2.24, 2.45) is 0 Å². The van der Waals surface area contributed by atoms with Gasteiger partial charge >= 0.3 is 0 Å². The van der Waals surface area contributed by atoms with E-state index in [2.05, 4.69) is 43.4 Å². The highest BCUT2D eigenvalue weighted by Gasteiger charge is 2.38. The van der Waals surface area contributed by atoms with Crippen molar-refractivity contribution < 1.29 is 0 Å². The third kappa shape index (κ3) is 3.52. The number of benzene rings is 1. The largest absolute Gasteiger partial charge is 0.302 e. The summed E-state index contributed by atoms with van der Waals surface area (Å²) in [6.45, 7) is 4.30. The Morgan fingerprint density at radius 1 is 1.37 bits per heavy atom. The molecule has 1 N–H and O–H groups in total. The Morgan fingerprint density at radius 2 is 2.05 bits per heavy atom. The van der Waals surface area contributed by atoms with E-state index >= 15 is 0 Å². The number of nitriles is 1. The molecule has 1 aliphatic carbocycles. The Balaban J connectivity index is 1.92. The van der Waals surface area contributed by atoms with E-state index in [1.165, 1.54) is 16.7 Å². The van der Waals surface area contributed by atoms with Crippen molar-refractivity contribution in [3.8, 4) is 6.07 Å². The van der Waals surface area contributed by atoms with Crippen LogP contribution < -0.4 is 5.32 Å². The lowest BCUT2D eigenvalue weighted by molar-refractivity contribution is 0.464. The average molecular weight is 274 g/mol. The van der Waals surface area contributed by atoms with Crippen molar-refractivity contribution in [2.45, 2.75) is 49.7 Å². The predicted molar refractivity (Wildman–Crippen MR) is 82.3 cm³/mol. The van der Waals surface area contributed by atoms with Gasteiger partial charge in [-0.3, -0.25) is 0 Å². The molecule has 1 fully saturated rings. The molecule has 19 heavy (non-hydrogen) atoms. The molecule has 0 heterocycles. The van der Waals surface area contributed by atoms with Gasteiger partial charge in [-0.1, -0.05) is 29.3 Å². The van der Waals surface area contributed by atoms with E-state index in [-0.39, 0.29) is 5.54 Å². The number of aryl methyl sites for hydroxylation is 2. The van der Waals surface area contributed by atoms with Crippen LogP contribution >= 0.6 is 11.8 Å². The smallest absolute Gasteiger partial charge is 0.107 e. The maximum atomic E-state index is 9.27. The van der Waals surface area contributed by atoms with Crippen LogP contribution in [0.15, 0.2) is 18.2 Å². The van der Waals surface area contributed by atoms with Gasteiger partial charge in [0, 0.05) is 11.0 Å². The summed E-state index contributed by atoms with van der Waals surface area (Å²) in [6.07, 6.45) is 3.09. The standard InChI is InChI=1S/C16H22N2S/c1-12-6-13(2)8-14(7-12)10-19-15-4-5-16(9-15,11-17)18-3/h6-8,15,18H,4-5,9-10H2,1-3H3. The summed E-state index contributed by atoms with van der Waals surface area (Å²) in [5, 5.41) is 13.1. The lowest BCUT2D eigenvalue weighted by Crippen LogP contribution is -2.38. The predicted octanol–water partition coefficient (Wildman–Crippen LogP) is 3.57.